The molecule has 1 N–H and O–H groups in total. The van der Waals surface area contributed by atoms with Crippen molar-refractivity contribution in [1.29, 1.82) is 0 Å². The number of anilines is 1. The van der Waals surface area contributed by atoms with Gasteiger partial charge in [0.2, 0.25) is 5.91 Å². The number of imidazole rings is 1. The number of nitrogens with one attached hydrogen (secondary N) is 1. The summed E-state index contributed by atoms with van der Waals surface area (Å²) >= 11 is 3.43. The van der Waals surface area contributed by atoms with Crippen LogP contribution in [0.25, 0.3) is 11.0 Å². The Morgan fingerprint density at radius 3 is 2.78 bits per heavy atom. The maximum absolute atomic E-state index is 12.5. The third-order valence-electron chi connectivity index (χ3n) is 3.81. The van der Waals surface area contributed by atoms with Gasteiger partial charge in [-0.05, 0) is 42.8 Å². The molecule has 0 fully saturated rings. The van der Waals surface area contributed by atoms with Gasteiger partial charge in [0.15, 0.2) is 0 Å². The highest BCUT2D eigenvalue weighted by Crippen LogP contribution is 2.21. The molecule has 118 valence electrons. The van der Waals surface area contributed by atoms with Crippen LogP contribution < -0.4 is 5.32 Å². The van der Waals surface area contributed by atoms with E-state index in [-0.39, 0.29) is 12.5 Å². The summed E-state index contributed by atoms with van der Waals surface area (Å²) < 4.78 is 2.99. The van der Waals surface area contributed by atoms with E-state index in [0.29, 0.717) is 0 Å². The number of halogens is 1. The van der Waals surface area contributed by atoms with Gasteiger partial charge in [0.25, 0.3) is 0 Å². The number of nitrogens with zero attached hydrogens (tertiary/aromatic N) is 2. The van der Waals surface area contributed by atoms with Crippen molar-refractivity contribution in [3.05, 3.63) is 58.3 Å². The quantitative estimate of drug-likeness (QED) is 0.742. The molecule has 0 aliphatic carbocycles. The number of carbonyl (C=O) groups excluding carboxylic acids is 1. The second-order valence-electron chi connectivity index (χ2n) is 5.46. The van der Waals surface area contributed by atoms with Crippen LogP contribution in [0, 0.1) is 6.92 Å². The van der Waals surface area contributed by atoms with Crippen molar-refractivity contribution < 1.29 is 4.79 Å². The van der Waals surface area contributed by atoms with E-state index in [1.54, 1.807) is 0 Å². The molecule has 1 amide bonds. The van der Waals surface area contributed by atoms with Crippen molar-refractivity contribution >= 4 is 38.6 Å². The summed E-state index contributed by atoms with van der Waals surface area (Å²) in [6.07, 6.45) is 0.791. The molecular weight excluding hydrogens is 354 g/mol. The topological polar surface area (TPSA) is 46.9 Å². The lowest BCUT2D eigenvalue weighted by Gasteiger charge is -2.11. The maximum Gasteiger partial charge on any atom is 0.244 e. The lowest BCUT2D eigenvalue weighted by atomic mass is 10.2. The zero-order valence-electron chi connectivity index (χ0n) is 13.1. The zero-order chi connectivity index (χ0) is 16.4. The summed E-state index contributed by atoms with van der Waals surface area (Å²) in [6, 6.07) is 13.7. The summed E-state index contributed by atoms with van der Waals surface area (Å²) in [7, 11) is 0. The molecule has 5 heteroatoms. The Morgan fingerprint density at radius 1 is 1.26 bits per heavy atom. The predicted octanol–water partition coefficient (Wildman–Crippen LogP) is 4.31. The van der Waals surface area contributed by atoms with Crippen molar-refractivity contribution in [3.63, 3.8) is 0 Å². The molecule has 0 aliphatic rings. The largest absolute Gasteiger partial charge is 0.324 e. The number of hydrogen-bond acceptors (Lipinski definition) is 2. The Balaban J connectivity index is 1.85. The third-order valence-corrected chi connectivity index (χ3v) is 4.31. The lowest BCUT2D eigenvalue weighted by molar-refractivity contribution is -0.116. The Hall–Kier alpha value is -2.14. The highest BCUT2D eigenvalue weighted by Gasteiger charge is 2.13. The van der Waals surface area contributed by atoms with Gasteiger partial charge in [-0.3, -0.25) is 4.79 Å². The molecule has 0 bridgehead atoms. The summed E-state index contributed by atoms with van der Waals surface area (Å²) in [5.41, 5.74) is 3.78. The van der Waals surface area contributed by atoms with Crippen molar-refractivity contribution in [2.24, 2.45) is 0 Å². The van der Waals surface area contributed by atoms with Gasteiger partial charge >= 0.3 is 0 Å². The van der Waals surface area contributed by atoms with Crippen molar-refractivity contribution in [2.75, 3.05) is 5.32 Å². The molecule has 0 atom stereocenters. The van der Waals surface area contributed by atoms with Crippen molar-refractivity contribution in [3.8, 4) is 0 Å². The predicted molar refractivity (Wildman–Crippen MR) is 96.6 cm³/mol. The molecule has 0 radical (unpaired) electrons. The Labute approximate surface area is 143 Å². The minimum absolute atomic E-state index is 0.0479. The second kappa shape index (κ2) is 6.54. The second-order valence-corrected chi connectivity index (χ2v) is 6.38. The van der Waals surface area contributed by atoms with E-state index >= 15 is 0 Å². The monoisotopic (exact) mass is 371 g/mol. The van der Waals surface area contributed by atoms with Crippen LogP contribution in [0.15, 0.2) is 46.9 Å². The van der Waals surface area contributed by atoms with E-state index in [4.69, 9.17) is 0 Å². The number of aryl methyl sites for hydroxylation is 2. The highest BCUT2D eigenvalue weighted by atomic mass is 79.9. The van der Waals surface area contributed by atoms with Gasteiger partial charge in [-0.25, -0.2) is 4.98 Å². The first kappa shape index (κ1) is 15.7. The van der Waals surface area contributed by atoms with Crippen LogP contribution in [0.2, 0.25) is 0 Å². The molecule has 0 unspecified atom stereocenters. The molecule has 0 aliphatic heterocycles. The van der Waals surface area contributed by atoms with Gasteiger partial charge in [0.05, 0.1) is 11.0 Å². The van der Waals surface area contributed by atoms with Crippen molar-refractivity contribution in [1.82, 2.24) is 9.55 Å². The molecule has 2 aromatic carbocycles. The Bertz CT molecular complexity index is 870. The SMILES string of the molecule is CCc1nc2ccccc2n1CC(=O)Nc1ccc(Br)cc1C. The number of carbonyl (C=O) groups is 1. The number of benzene rings is 2. The van der Waals surface area contributed by atoms with Gasteiger partial charge in [-0.2, -0.15) is 0 Å². The Morgan fingerprint density at radius 2 is 2.04 bits per heavy atom. The molecule has 3 rings (SSSR count). The van der Waals surface area contributed by atoms with E-state index in [1.165, 1.54) is 0 Å². The minimum Gasteiger partial charge on any atom is -0.324 e. The number of para-hydroxylation sites is 2. The molecule has 1 aromatic heterocycles. The van der Waals surface area contributed by atoms with Gasteiger partial charge in [-0.1, -0.05) is 35.0 Å². The minimum atomic E-state index is -0.0479. The maximum atomic E-state index is 12.5. The molecule has 3 aromatic rings. The first-order valence-corrected chi connectivity index (χ1v) is 8.38. The van der Waals surface area contributed by atoms with Gasteiger partial charge in [0, 0.05) is 16.6 Å². The number of amides is 1. The number of hydrogen-bond donors (Lipinski definition) is 1. The number of aromatic nitrogens is 2. The zero-order valence-corrected chi connectivity index (χ0v) is 14.7. The Kier molecular flexibility index (Phi) is 4.48. The van der Waals surface area contributed by atoms with Gasteiger partial charge in [-0.15, -0.1) is 0 Å². The first-order chi connectivity index (χ1) is 11.1. The number of rotatable bonds is 4. The first-order valence-electron chi connectivity index (χ1n) is 7.58. The standard InChI is InChI=1S/C18H18BrN3O/c1-3-17-20-15-6-4-5-7-16(15)22(17)11-18(23)21-14-9-8-13(19)10-12(14)2/h4-10H,3,11H2,1-2H3,(H,21,23). The normalized spacial score (nSPS) is 10.9. The van der Waals surface area contributed by atoms with E-state index < -0.39 is 0 Å². The fraction of sp³-hybridized carbons (Fsp3) is 0.222. The van der Waals surface area contributed by atoms with E-state index in [2.05, 4.69) is 33.2 Å². The van der Waals surface area contributed by atoms with E-state index in [1.807, 2.05) is 54.0 Å². The fourth-order valence-corrected chi connectivity index (χ4v) is 3.15. The highest BCUT2D eigenvalue weighted by molar-refractivity contribution is 9.10. The van der Waals surface area contributed by atoms with E-state index in [0.717, 1.165) is 39.0 Å². The summed E-state index contributed by atoms with van der Waals surface area (Å²) in [4.78, 5) is 17.1. The molecular formula is C18H18BrN3O. The fourth-order valence-electron chi connectivity index (χ4n) is 2.67. The van der Waals surface area contributed by atoms with Crippen LogP contribution >= 0.6 is 15.9 Å². The summed E-state index contributed by atoms with van der Waals surface area (Å²) in [5, 5.41) is 2.98. The van der Waals surface area contributed by atoms with Crippen molar-refractivity contribution in [2.45, 2.75) is 26.8 Å². The smallest absolute Gasteiger partial charge is 0.244 e. The summed E-state index contributed by atoms with van der Waals surface area (Å²) in [6.45, 7) is 4.29. The van der Waals surface area contributed by atoms with Crippen LogP contribution in [0.5, 0.6) is 0 Å². The molecule has 23 heavy (non-hydrogen) atoms. The van der Waals surface area contributed by atoms with Gasteiger partial charge < -0.3 is 9.88 Å². The average molecular weight is 372 g/mol. The molecule has 0 saturated carbocycles. The van der Waals surface area contributed by atoms with Gasteiger partial charge in [0.1, 0.15) is 12.4 Å². The number of fused-ring (bicyclic) bond motifs is 1. The molecule has 4 nitrogen and oxygen atoms in total. The van der Waals surface area contributed by atoms with Crippen LogP contribution in [-0.4, -0.2) is 15.5 Å². The third kappa shape index (κ3) is 3.29. The van der Waals surface area contributed by atoms with E-state index in [9.17, 15) is 4.79 Å². The van der Waals surface area contributed by atoms with Crippen LogP contribution in [0.3, 0.4) is 0 Å². The van der Waals surface area contributed by atoms with Crippen LogP contribution in [0.4, 0.5) is 5.69 Å². The molecule has 1 heterocycles. The van der Waals surface area contributed by atoms with Crippen LogP contribution in [-0.2, 0) is 17.8 Å². The van der Waals surface area contributed by atoms with Crippen LogP contribution in [0.1, 0.15) is 18.3 Å². The summed E-state index contributed by atoms with van der Waals surface area (Å²) in [5.74, 6) is 0.877. The molecule has 0 saturated heterocycles. The lowest BCUT2D eigenvalue weighted by Crippen LogP contribution is -2.20. The molecule has 0 spiro atoms. The average Bonchev–Trinajstić information content (AvgIpc) is 2.88.